The number of ether oxygens (including phenoxy) is 1. The molecule has 2 heterocycles. The molecule has 3 aromatic rings. The Balaban J connectivity index is 1.95. The fraction of sp³-hybridized carbons (Fsp3) is 0.167. The van der Waals surface area contributed by atoms with Crippen LogP contribution in [0.15, 0.2) is 54.9 Å². The molecular weight excluding hydrogens is 375 g/mol. The molecule has 0 unspecified atom stereocenters. The van der Waals surface area contributed by atoms with Crippen LogP contribution in [0.5, 0.6) is 5.75 Å². The van der Waals surface area contributed by atoms with Crippen molar-refractivity contribution < 1.29 is 23.0 Å². The summed E-state index contributed by atoms with van der Waals surface area (Å²) in [4.78, 5) is 12.5. The van der Waals surface area contributed by atoms with Crippen molar-refractivity contribution in [1.82, 2.24) is 15.0 Å². The molecule has 28 heavy (non-hydrogen) atoms. The Hall–Kier alpha value is -3.40. The van der Waals surface area contributed by atoms with Gasteiger partial charge in [0.25, 0.3) is 0 Å². The summed E-state index contributed by atoms with van der Waals surface area (Å²) in [7, 11) is 0. The third kappa shape index (κ3) is 5.30. The van der Waals surface area contributed by atoms with Crippen molar-refractivity contribution in [3.8, 4) is 17.0 Å². The third-order valence-electron chi connectivity index (χ3n) is 3.47. The van der Waals surface area contributed by atoms with Crippen LogP contribution in [0.3, 0.4) is 0 Å². The number of anilines is 3. The lowest BCUT2D eigenvalue weighted by atomic mass is 10.2. The van der Waals surface area contributed by atoms with Crippen molar-refractivity contribution in [3.05, 3.63) is 54.9 Å². The first kappa shape index (κ1) is 19.4. The SMILES string of the molecule is OCCNc1nc(Nc2ccccc2OC(F)(F)F)cc(-c2ccncc2)n1. The summed E-state index contributed by atoms with van der Waals surface area (Å²) < 4.78 is 42.0. The maximum Gasteiger partial charge on any atom is 0.573 e. The first-order valence-electron chi connectivity index (χ1n) is 8.20. The molecule has 3 N–H and O–H groups in total. The molecule has 0 amide bonds. The van der Waals surface area contributed by atoms with Crippen molar-refractivity contribution in [2.24, 2.45) is 0 Å². The average Bonchev–Trinajstić information content (AvgIpc) is 2.67. The van der Waals surface area contributed by atoms with Gasteiger partial charge in [0.2, 0.25) is 5.95 Å². The highest BCUT2D eigenvalue weighted by molar-refractivity contribution is 5.69. The summed E-state index contributed by atoms with van der Waals surface area (Å²) in [6, 6.07) is 10.7. The molecule has 0 saturated heterocycles. The van der Waals surface area contributed by atoms with E-state index < -0.39 is 6.36 Å². The van der Waals surface area contributed by atoms with E-state index in [-0.39, 0.29) is 36.4 Å². The monoisotopic (exact) mass is 391 g/mol. The van der Waals surface area contributed by atoms with Crippen molar-refractivity contribution in [2.75, 3.05) is 23.8 Å². The van der Waals surface area contributed by atoms with Gasteiger partial charge in [0, 0.05) is 30.6 Å². The summed E-state index contributed by atoms with van der Waals surface area (Å²) >= 11 is 0. The smallest absolute Gasteiger partial charge is 0.404 e. The minimum Gasteiger partial charge on any atom is -0.404 e. The molecule has 7 nitrogen and oxygen atoms in total. The highest BCUT2D eigenvalue weighted by Crippen LogP contribution is 2.32. The second kappa shape index (κ2) is 8.53. The number of hydrogen-bond acceptors (Lipinski definition) is 7. The number of benzene rings is 1. The van der Waals surface area contributed by atoms with Gasteiger partial charge in [-0.2, -0.15) is 4.98 Å². The van der Waals surface area contributed by atoms with E-state index in [1.807, 2.05) is 0 Å². The summed E-state index contributed by atoms with van der Waals surface area (Å²) in [5, 5.41) is 14.7. The van der Waals surface area contributed by atoms with Crippen molar-refractivity contribution in [1.29, 1.82) is 0 Å². The predicted molar refractivity (Wildman–Crippen MR) is 97.2 cm³/mol. The number of aliphatic hydroxyl groups is 1. The topological polar surface area (TPSA) is 92.2 Å². The molecule has 0 atom stereocenters. The first-order chi connectivity index (χ1) is 13.4. The number of para-hydroxylation sites is 2. The van der Waals surface area contributed by atoms with E-state index in [0.717, 1.165) is 5.56 Å². The second-order valence-electron chi connectivity index (χ2n) is 5.52. The van der Waals surface area contributed by atoms with Gasteiger partial charge in [-0.1, -0.05) is 12.1 Å². The molecule has 0 bridgehead atoms. The number of nitrogens with zero attached hydrogens (tertiary/aromatic N) is 3. The van der Waals surface area contributed by atoms with Crippen LogP contribution in [0.2, 0.25) is 0 Å². The van der Waals surface area contributed by atoms with E-state index in [1.165, 1.54) is 18.2 Å². The van der Waals surface area contributed by atoms with E-state index in [9.17, 15) is 13.2 Å². The number of alkyl halides is 3. The van der Waals surface area contributed by atoms with Crippen LogP contribution >= 0.6 is 0 Å². The number of hydrogen-bond donors (Lipinski definition) is 3. The van der Waals surface area contributed by atoms with Gasteiger partial charge in [-0.3, -0.25) is 4.98 Å². The van der Waals surface area contributed by atoms with Gasteiger partial charge in [0.05, 0.1) is 18.0 Å². The summed E-state index contributed by atoms with van der Waals surface area (Å²) in [6.45, 7) is 0.0842. The predicted octanol–water partition coefficient (Wildman–Crippen LogP) is 3.59. The zero-order valence-corrected chi connectivity index (χ0v) is 14.4. The van der Waals surface area contributed by atoms with Gasteiger partial charge >= 0.3 is 6.36 Å². The number of nitrogens with one attached hydrogen (secondary N) is 2. The van der Waals surface area contributed by atoms with E-state index >= 15 is 0 Å². The molecule has 0 saturated carbocycles. The largest absolute Gasteiger partial charge is 0.573 e. The van der Waals surface area contributed by atoms with Crippen LogP contribution in [0, 0.1) is 0 Å². The molecule has 146 valence electrons. The van der Waals surface area contributed by atoms with Crippen LogP contribution in [0.25, 0.3) is 11.3 Å². The molecule has 0 aliphatic rings. The Morgan fingerprint density at radius 1 is 1.04 bits per heavy atom. The van der Waals surface area contributed by atoms with Gasteiger partial charge in [-0.05, 0) is 24.3 Å². The number of halogens is 3. The minimum absolute atomic E-state index is 0.0901. The molecule has 0 aliphatic carbocycles. The fourth-order valence-electron chi connectivity index (χ4n) is 2.35. The van der Waals surface area contributed by atoms with Gasteiger partial charge in [-0.25, -0.2) is 4.98 Å². The molecule has 10 heteroatoms. The summed E-state index contributed by atoms with van der Waals surface area (Å²) in [5.41, 5.74) is 1.36. The summed E-state index contributed by atoms with van der Waals surface area (Å²) in [5.74, 6) is 0.0736. The molecule has 0 aliphatic heterocycles. The Bertz CT molecular complexity index is 923. The van der Waals surface area contributed by atoms with Crippen LogP contribution in [0.1, 0.15) is 0 Å². The normalized spacial score (nSPS) is 11.1. The molecular formula is C18H16F3N5O2. The molecule has 0 radical (unpaired) electrons. The van der Waals surface area contributed by atoms with E-state index in [1.54, 1.807) is 36.7 Å². The second-order valence-corrected chi connectivity index (χ2v) is 5.52. The van der Waals surface area contributed by atoms with Crippen LogP contribution in [0.4, 0.5) is 30.6 Å². The third-order valence-corrected chi connectivity index (χ3v) is 3.47. The van der Waals surface area contributed by atoms with E-state index in [2.05, 4.69) is 30.3 Å². The lowest BCUT2D eigenvalue weighted by Crippen LogP contribution is -2.18. The fourth-order valence-corrected chi connectivity index (χ4v) is 2.35. The zero-order chi connectivity index (χ0) is 20.0. The highest BCUT2D eigenvalue weighted by atomic mass is 19.4. The summed E-state index contributed by atoms with van der Waals surface area (Å²) in [6.07, 6.45) is -1.63. The zero-order valence-electron chi connectivity index (χ0n) is 14.4. The lowest BCUT2D eigenvalue weighted by molar-refractivity contribution is -0.274. The molecule has 1 aromatic carbocycles. The van der Waals surface area contributed by atoms with Crippen LogP contribution in [-0.2, 0) is 0 Å². The molecule has 3 rings (SSSR count). The molecule has 2 aromatic heterocycles. The molecule has 0 fully saturated rings. The minimum atomic E-state index is -4.82. The van der Waals surface area contributed by atoms with Crippen LogP contribution in [-0.4, -0.2) is 39.6 Å². The van der Waals surface area contributed by atoms with E-state index in [0.29, 0.717) is 5.69 Å². The number of rotatable bonds is 7. The van der Waals surface area contributed by atoms with Crippen molar-refractivity contribution >= 4 is 17.5 Å². The average molecular weight is 391 g/mol. The maximum atomic E-state index is 12.6. The Kier molecular flexibility index (Phi) is 5.90. The molecule has 0 spiro atoms. The highest BCUT2D eigenvalue weighted by Gasteiger charge is 2.32. The van der Waals surface area contributed by atoms with Gasteiger partial charge in [0.15, 0.2) is 5.75 Å². The van der Waals surface area contributed by atoms with E-state index in [4.69, 9.17) is 5.11 Å². The quantitative estimate of drug-likeness (QED) is 0.567. The lowest BCUT2D eigenvalue weighted by Gasteiger charge is -2.15. The number of aromatic nitrogens is 3. The van der Waals surface area contributed by atoms with Gasteiger partial charge in [0.1, 0.15) is 5.82 Å². The standard InChI is InChI=1S/C18H16F3N5O2/c19-18(20,21)28-15-4-2-1-3-13(15)24-16-11-14(12-5-7-22-8-6-12)25-17(26-16)23-9-10-27/h1-8,11,27H,9-10H2,(H2,23,24,25,26). The van der Waals surface area contributed by atoms with Crippen LogP contribution < -0.4 is 15.4 Å². The Morgan fingerprint density at radius 2 is 1.79 bits per heavy atom. The van der Waals surface area contributed by atoms with Gasteiger partial charge in [-0.15, -0.1) is 13.2 Å². The Labute approximate surface area is 158 Å². The van der Waals surface area contributed by atoms with Gasteiger partial charge < -0.3 is 20.5 Å². The number of pyridine rings is 1. The maximum absolute atomic E-state index is 12.6. The first-order valence-corrected chi connectivity index (χ1v) is 8.20. The number of aliphatic hydroxyl groups excluding tert-OH is 1. The Morgan fingerprint density at radius 3 is 2.50 bits per heavy atom. The van der Waals surface area contributed by atoms with Crippen molar-refractivity contribution in [2.45, 2.75) is 6.36 Å². The van der Waals surface area contributed by atoms with Crippen molar-refractivity contribution in [3.63, 3.8) is 0 Å².